The molecule has 1 atom stereocenters. The lowest BCUT2D eigenvalue weighted by molar-refractivity contribution is 0.320. The van der Waals surface area contributed by atoms with E-state index in [0.29, 0.717) is 12.4 Å². The molecule has 0 fully saturated rings. The highest BCUT2D eigenvalue weighted by Crippen LogP contribution is 2.38. The van der Waals surface area contributed by atoms with Gasteiger partial charge in [-0.2, -0.15) is 0 Å². The molecule has 0 amide bonds. The fourth-order valence-electron chi connectivity index (χ4n) is 3.22. The number of nitrogens with zero attached hydrogens (tertiary/aromatic N) is 2. The summed E-state index contributed by atoms with van der Waals surface area (Å²) in [6.07, 6.45) is 5.11. The summed E-state index contributed by atoms with van der Waals surface area (Å²) in [5.74, 6) is 1.29. The van der Waals surface area contributed by atoms with E-state index >= 15 is 0 Å². The van der Waals surface area contributed by atoms with Crippen LogP contribution in [0.3, 0.4) is 0 Å². The largest absolute Gasteiger partial charge is 0.493 e. The van der Waals surface area contributed by atoms with Gasteiger partial charge < -0.3 is 14.6 Å². The molecule has 4 rings (SSSR count). The van der Waals surface area contributed by atoms with Gasteiger partial charge in [-0.3, -0.25) is 4.79 Å². The van der Waals surface area contributed by atoms with E-state index in [9.17, 15) is 4.79 Å². The Morgan fingerprint density at radius 1 is 1.25 bits per heavy atom. The Morgan fingerprint density at radius 3 is 3.04 bits per heavy atom. The van der Waals surface area contributed by atoms with Gasteiger partial charge in [-0.15, -0.1) is 0 Å². The number of fused-ring (bicyclic) bond motifs is 3. The Labute approximate surface area is 139 Å². The summed E-state index contributed by atoms with van der Waals surface area (Å²) in [5, 5.41) is 5.59. The van der Waals surface area contributed by atoms with E-state index in [-0.39, 0.29) is 11.6 Å². The summed E-state index contributed by atoms with van der Waals surface area (Å²) in [6.45, 7) is 0.680. The number of hydrogen-bond acceptors (Lipinski definition) is 4. The Hall–Kier alpha value is -2.82. The van der Waals surface area contributed by atoms with Crippen LogP contribution in [0.4, 0.5) is 5.82 Å². The van der Waals surface area contributed by atoms with Crippen LogP contribution in [0.2, 0.25) is 0 Å². The van der Waals surface area contributed by atoms with Crippen molar-refractivity contribution < 1.29 is 4.74 Å². The van der Waals surface area contributed by atoms with Crippen LogP contribution in [-0.2, 0) is 7.05 Å². The van der Waals surface area contributed by atoms with Gasteiger partial charge in [-0.25, -0.2) is 4.98 Å². The molecule has 0 bridgehead atoms. The standard InChI is InChI=1S/C19H19N3O2/c1-22-11-10-20-18(19(22)23)21-16-7-4-12-24-17-14-6-3-2-5-13(14)8-9-15(16)17/h2-3,5-6,8-11,16H,4,7,12H2,1H3,(H,20,21)/t16-/m0/s1. The van der Waals surface area contributed by atoms with E-state index in [2.05, 4.69) is 34.6 Å². The van der Waals surface area contributed by atoms with Gasteiger partial charge in [0.2, 0.25) is 0 Å². The van der Waals surface area contributed by atoms with Crippen LogP contribution in [0.5, 0.6) is 5.75 Å². The second-order valence-corrected chi connectivity index (χ2v) is 6.08. The molecule has 0 aliphatic carbocycles. The monoisotopic (exact) mass is 321 g/mol. The van der Waals surface area contributed by atoms with Crippen molar-refractivity contribution in [2.75, 3.05) is 11.9 Å². The zero-order valence-corrected chi connectivity index (χ0v) is 13.5. The average Bonchev–Trinajstić information content (AvgIpc) is 2.81. The molecular weight excluding hydrogens is 302 g/mol. The van der Waals surface area contributed by atoms with Crippen LogP contribution in [0.25, 0.3) is 10.8 Å². The molecule has 0 unspecified atom stereocenters. The van der Waals surface area contributed by atoms with Crippen molar-refractivity contribution in [2.45, 2.75) is 18.9 Å². The Kier molecular flexibility index (Phi) is 3.69. The highest BCUT2D eigenvalue weighted by molar-refractivity contribution is 5.90. The van der Waals surface area contributed by atoms with Crippen LogP contribution in [0, 0.1) is 0 Å². The summed E-state index contributed by atoms with van der Waals surface area (Å²) in [4.78, 5) is 16.5. The van der Waals surface area contributed by atoms with Gasteiger partial charge in [0.15, 0.2) is 5.82 Å². The lowest BCUT2D eigenvalue weighted by Gasteiger charge is -2.20. The predicted molar refractivity (Wildman–Crippen MR) is 94.5 cm³/mol. The molecule has 3 aromatic rings. The van der Waals surface area contributed by atoms with Crippen LogP contribution in [-0.4, -0.2) is 16.2 Å². The Bertz CT molecular complexity index is 949. The van der Waals surface area contributed by atoms with E-state index in [1.54, 1.807) is 19.4 Å². The molecule has 0 radical (unpaired) electrons. The smallest absolute Gasteiger partial charge is 0.293 e. The number of hydrogen-bond donors (Lipinski definition) is 1. The number of aromatic nitrogens is 2. The van der Waals surface area contributed by atoms with Crippen molar-refractivity contribution in [2.24, 2.45) is 7.05 Å². The molecule has 5 heteroatoms. The van der Waals surface area contributed by atoms with Gasteiger partial charge in [0.25, 0.3) is 5.56 Å². The minimum absolute atomic E-state index is 0.00899. The first-order valence-corrected chi connectivity index (χ1v) is 8.16. The molecular formula is C19H19N3O2. The Morgan fingerprint density at radius 2 is 2.12 bits per heavy atom. The molecule has 1 aliphatic heterocycles. The fraction of sp³-hybridized carbons (Fsp3) is 0.263. The van der Waals surface area contributed by atoms with Crippen LogP contribution in [0.15, 0.2) is 53.6 Å². The van der Waals surface area contributed by atoms with Crippen molar-refractivity contribution in [3.63, 3.8) is 0 Å². The number of rotatable bonds is 2. The highest BCUT2D eigenvalue weighted by Gasteiger charge is 2.22. The minimum atomic E-state index is -0.120. The maximum absolute atomic E-state index is 12.3. The zero-order valence-electron chi connectivity index (χ0n) is 13.5. The number of benzene rings is 2. The van der Waals surface area contributed by atoms with Crippen molar-refractivity contribution in [3.05, 3.63) is 64.7 Å². The lowest BCUT2D eigenvalue weighted by atomic mass is 9.98. The maximum Gasteiger partial charge on any atom is 0.293 e. The molecule has 0 saturated heterocycles. The van der Waals surface area contributed by atoms with Crippen molar-refractivity contribution in [1.82, 2.24) is 9.55 Å². The summed E-state index contributed by atoms with van der Waals surface area (Å²) in [7, 11) is 1.73. The maximum atomic E-state index is 12.3. The van der Waals surface area contributed by atoms with Gasteiger partial charge in [-0.1, -0.05) is 36.4 Å². The van der Waals surface area contributed by atoms with Gasteiger partial charge in [0, 0.05) is 30.4 Å². The summed E-state index contributed by atoms with van der Waals surface area (Å²) in [6, 6.07) is 12.4. The fourth-order valence-corrected chi connectivity index (χ4v) is 3.22. The van der Waals surface area contributed by atoms with Gasteiger partial charge in [0.1, 0.15) is 5.75 Å². The summed E-state index contributed by atoms with van der Waals surface area (Å²) in [5.41, 5.74) is 0.962. The average molecular weight is 321 g/mol. The van der Waals surface area contributed by atoms with Gasteiger partial charge in [-0.05, 0) is 18.2 Å². The third kappa shape index (κ3) is 2.52. The van der Waals surface area contributed by atoms with E-state index in [1.165, 1.54) is 4.57 Å². The third-order valence-electron chi connectivity index (χ3n) is 4.50. The second kappa shape index (κ2) is 6.00. The van der Waals surface area contributed by atoms with Crippen molar-refractivity contribution in [1.29, 1.82) is 0 Å². The van der Waals surface area contributed by atoms with E-state index < -0.39 is 0 Å². The number of anilines is 1. The van der Waals surface area contributed by atoms with E-state index in [1.807, 2.05) is 12.1 Å². The van der Waals surface area contributed by atoms with E-state index in [4.69, 9.17) is 4.74 Å². The third-order valence-corrected chi connectivity index (χ3v) is 4.50. The first kappa shape index (κ1) is 14.8. The second-order valence-electron chi connectivity index (χ2n) is 6.08. The molecule has 2 aromatic carbocycles. The first-order valence-electron chi connectivity index (χ1n) is 8.16. The highest BCUT2D eigenvalue weighted by atomic mass is 16.5. The van der Waals surface area contributed by atoms with Crippen molar-refractivity contribution in [3.8, 4) is 5.75 Å². The number of nitrogens with one attached hydrogen (secondary N) is 1. The zero-order chi connectivity index (χ0) is 16.5. The van der Waals surface area contributed by atoms with Crippen LogP contribution < -0.4 is 15.6 Å². The van der Waals surface area contributed by atoms with E-state index in [0.717, 1.165) is 34.9 Å². The number of aryl methyl sites for hydroxylation is 1. The molecule has 122 valence electrons. The van der Waals surface area contributed by atoms with Crippen LogP contribution >= 0.6 is 0 Å². The molecule has 0 saturated carbocycles. The van der Waals surface area contributed by atoms with Crippen molar-refractivity contribution >= 4 is 16.6 Å². The summed E-state index contributed by atoms with van der Waals surface area (Å²) < 4.78 is 7.57. The minimum Gasteiger partial charge on any atom is -0.493 e. The predicted octanol–water partition coefficient (Wildman–Crippen LogP) is 3.26. The van der Waals surface area contributed by atoms with Gasteiger partial charge >= 0.3 is 0 Å². The molecule has 5 nitrogen and oxygen atoms in total. The molecule has 24 heavy (non-hydrogen) atoms. The molecule has 1 N–H and O–H groups in total. The van der Waals surface area contributed by atoms with Crippen LogP contribution in [0.1, 0.15) is 24.4 Å². The topological polar surface area (TPSA) is 56.1 Å². The Balaban J connectivity index is 1.80. The normalized spacial score (nSPS) is 17.0. The molecule has 2 heterocycles. The SMILES string of the molecule is Cn1ccnc(N[C@H]2CCCOc3c2ccc2ccccc32)c1=O. The quantitative estimate of drug-likeness (QED) is 0.787. The molecule has 0 spiro atoms. The summed E-state index contributed by atoms with van der Waals surface area (Å²) >= 11 is 0. The van der Waals surface area contributed by atoms with Gasteiger partial charge in [0.05, 0.1) is 12.6 Å². The first-order chi connectivity index (χ1) is 11.7. The molecule has 1 aliphatic rings. The lowest BCUT2D eigenvalue weighted by Crippen LogP contribution is -2.24. The number of ether oxygens (including phenoxy) is 1. The molecule has 1 aromatic heterocycles.